The minimum Gasteiger partial charge on any atom is -0.475 e. The van der Waals surface area contributed by atoms with Crippen LogP contribution in [0.5, 0.6) is 0 Å². The molecule has 0 unspecified atom stereocenters. The van der Waals surface area contributed by atoms with Gasteiger partial charge in [-0.15, -0.1) is 0 Å². The van der Waals surface area contributed by atoms with E-state index >= 15 is 0 Å². The number of nitrogens with zero attached hydrogens (tertiary/aromatic N) is 2. The Hall–Kier alpha value is -2.75. The number of aromatic nitrogens is 1. The standard InChI is InChI=1S/C18H22N2O2S.2C2HF3O2/c1-2-16-18(21-8-1)17(22-12-14-3-6-19-7-4-14)11-20(16)10-15-5-9-23-13-15;2*3-2(4,5)1(6)7/h3-7,9,13,16-18H,1-2,8,10-12H2;2*(H,6,7)/t16-,17+,18+;;/m0../s1. The molecular formula is C22H24F6N2O6S. The van der Waals surface area contributed by atoms with E-state index in [9.17, 15) is 26.3 Å². The van der Waals surface area contributed by atoms with Crippen molar-refractivity contribution < 1.29 is 55.6 Å². The number of halogens is 6. The van der Waals surface area contributed by atoms with Gasteiger partial charge in [-0.2, -0.15) is 37.7 Å². The lowest BCUT2D eigenvalue weighted by Gasteiger charge is -2.32. The summed E-state index contributed by atoms with van der Waals surface area (Å²) in [6.45, 7) is 3.45. The van der Waals surface area contributed by atoms with Crippen LogP contribution in [0.15, 0.2) is 41.4 Å². The number of pyridine rings is 1. The fourth-order valence-electron chi connectivity index (χ4n) is 3.63. The summed E-state index contributed by atoms with van der Waals surface area (Å²) in [5.41, 5.74) is 2.57. The van der Waals surface area contributed by atoms with Crippen LogP contribution < -0.4 is 0 Å². The number of aliphatic carboxylic acids is 2. The number of alkyl halides is 6. The van der Waals surface area contributed by atoms with Crippen molar-refractivity contribution in [1.82, 2.24) is 9.88 Å². The predicted octanol–water partition coefficient (Wildman–Crippen LogP) is 4.36. The third-order valence-electron chi connectivity index (χ3n) is 5.25. The van der Waals surface area contributed by atoms with Crippen LogP contribution in [0, 0.1) is 0 Å². The van der Waals surface area contributed by atoms with E-state index in [1.54, 1.807) is 11.3 Å². The van der Waals surface area contributed by atoms with Gasteiger partial charge in [-0.3, -0.25) is 9.88 Å². The first kappa shape index (κ1) is 30.5. The smallest absolute Gasteiger partial charge is 0.475 e. The highest BCUT2D eigenvalue weighted by molar-refractivity contribution is 7.07. The zero-order valence-corrected chi connectivity index (χ0v) is 19.9. The summed E-state index contributed by atoms with van der Waals surface area (Å²) >= 11 is 1.77. The van der Waals surface area contributed by atoms with Crippen molar-refractivity contribution in [3.63, 3.8) is 0 Å². The first-order valence-electron chi connectivity index (χ1n) is 10.8. The SMILES string of the molecule is O=C(O)C(F)(F)F.O=C(O)C(F)(F)F.c1cc(CO[C@@H]2CN(Cc3ccsc3)[C@H]3CCCO[C@@H]23)ccn1. The van der Waals surface area contributed by atoms with E-state index in [1.807, 2.05) is 24.5 Å². The number of rotatable bonds is 5. The van der Waals surface area contributed by atoms with Crippen LogP contribution in [0.25, 0.3) is 0 Å². The molecule has 2 aromatic rings. The van der Waals surface area contributed by atoms with Crippen molar-refractivity contribution in [3.05, 3.63) is 52.5 Å². The van der Waals surface area contributed by atoms with Gasteiger partial charge in [0.1, 0.15) is 6.10 Å². The second-order valence-corrected chi connectivity index (χ2v) is 8.70. The van der Waals surface area contributed by atoms with Crippen molar-refractivity contribution >= 4 is 23.3 Å². The number of fused-ring (bicyclic) bond motifs is 1. The Bertz CT molecular complexity index is 950. The normalized spacial score (nSPS) is 21.6. The molecule has 206 valence electrons. The summed E-state index contributed by atoms with van der Waals surface area (Å²) in [7, 11) is 0. The van der Waals surface area contributed by atoms with E-state index in [4.69, 9.17) is 29.3 Å². The van der Waals surface area contributed by atoms with Gasteiger partial charge in [0.15, 0.2) is 0 Å². The van der Waals surface area contributed by atoms with Crippen molar-refractivity contribution in [2.75, 3.05) is 13.2 Å². The zero-order valence-electron chi connectivity index (χ0n) is 19.1. The van der Waals surface area contributed by atoms with Crippen LogP contribution in [-0.4, -0.2) is 75.8 Å². The minimum atomic E-state index is -5.08. The van der Waals surface area contributed by atoms with Gasteiger partial charge in [0.25, 0.3) is 0 Å². The maximum atomic E-state index is 10.6. The van der Waals surface area contributed by atoms with E-state index in [1.165, 1.54) is 17.5 Å². The van der Waals surface area contributed by atoms with Crippen molar-refractivity contribution in [2.45, 2.75) is 56.6 Å². The highest BCUT2D eigenvalue weighted by Crippen LogP contribution is 2.32. The average Bonchev–Trinajstić information content (AvgIpc) is 3.46. The maximum Gasteiger partial charge on any atom is 0.490 e. The molecule has 4 rings (SSSR count). The summed E-state index contributed by atoms with van der Waals surface area (Å²) in [4.78, 5) is 24.4. The maximum absolute atomic E-state index is 10.6. The number of carboxylic acid groups (broad SMARTS) is 2. The molecule has 0 amide bonds. The van der Waals surface area contributed by atoms with E-state index in [2.05, 4.69) is 26.7 Å². The molecule has 0 aliphatic carbocycles. The van der Waals surface area contributed by atoms with Crippen LogP contribution >= 0.6 is 11.3 Å². The van der Waals surface area contributed by atoms with E-state index in [0.29, 0.717) is 12.6 Å². The minimum absolute atomic E-state index is 0.159. The van der Waals surface area contributed by atoms with Gasteiger partial charge in [0, 0.05) is 38.1 Å². The summed E-state index contributed by atoms with van der Waals surface area (Å²) in [6, 6.07) is 6.73. The van der Waals surface area contributed by atoms with E-state index < -0.39 is 24.3 Å². The van der Waals surface area contributed by atoms with Crippen LogP contribution in [0.2, 0.25) is 0 Å². The van der Waals surface area contributed by atoms with Gasteiger partial charge in [-0.1, -0.05) is 0 Å². The molecule has 3 atom stereocenters. The number of carboxylic acids is 2. The third-order valence-corrected chi connectivity index (χ3v) is 5.98. The number of hydrogen-bond donors (Lipinski definition) is 2. The Morgan fingerprint density at radius 1 is 1.05 bits per heavy atom. The molecule has 2 aliphatic heterocycles. The Labute approximate surface area is 211 Å². The number of thiophene rings is 1. The quantitative estimate of drug-likeness (QED) is 0.522. The number of hydrogen-bond acceptors (Lipinski definition) is 7. The molecule has 0 saturated carbocycles. The molecule has 8 nitrogen and oxygen atoms in total. The number of carbonyl (C=O) groups is 2. The molecule has 15 heteroatoms. The molecule has 0 aromatic carbocycles. The van der Waals surface area contributed by atoms with Gasteiger partial charge in [0.05, 0.1) is 12.7 Å². The van der Waals surface area contributed by atoms with E-state index in [0.717, 1.165) is 26.1 Å². The third kappa shape index (κ3) is 10.3. The molecule has 4 heterocycles. The topological polar surface area (TPSA) is 109 Å². The van der Waals surface area contributed by atoms with Gasteiger partial charge >= 0.3 is 24.3 Å². The lowest BCUT2D eigenvalue weighted by molar-refractivity contribution is -0.193. The molecule has 0 bridgehead atoms. The molecule has 2 aromatic heterocycles. The Morgan fingerprint density at radius 2 is 1.65 bits per heavy atom. The van der Waals surface area contributed by atoms with Crippen LogP contribution in [0.1, 0.15) is 24.0 Å². The van der Waals surface area contributed by atoms with Crippen LogP contribution in [0.3, 0.4) is 0 Å². The largest absolute Gasteiger partial charge is 0.490 e. The van der Waals surface area contributed by atoms with Crippen molar-refractivity contribution in [1.29, 1.82) is 0 Å². The highest BCUT2D eigenvalue weighted by atomic mass is 32.1. The number of likely N-dealkylation sites (tertiary alicyclic amines) is 1. The molecular weight excluding hydrogens is 534 g/mol. The average molecular weight is 558 g/mol. The van der Waals surface area contributed by atoms with Gasteiger partial charge in [-0.05, 0) is 52.9 Å². The lowest BCUT2D eigenvalue weighted by Crippen LogP contribution is -2.41. The van der Waals surface area contributed by atoms with Gasteiger partial charge < -0.3 is 19.7 Å². The second kappa shape index (κ2) is 13.7. The Kier molecular flexibility index (Phi) is 11.3. The zero-order chi connectivity index (χ0) is 27.6. The van der Waals surface area contributed by atoms with E-state index in [-0.39, 0.29) is 12.2 Å². The molecule has 37 heavy (non-hydrogen) atoms. The first-order chi connectivity index (χ1) is 17.3. The fourth-order valence-corrected chi connectivity index (χ4v) is 4.29. The molecule has 2 aliphatic rings. The van der Waals surface area contributed by atoms with Crippen LogP contribution in [0.4, 0.5) is 26.3 Å². The number of ether oxygens (including phenoxy) is 2. The molecule has 0 radical (unpaired) electrons. The summed E-state index contributed by atoms with van der Waals surface area (Å²) in [5.74, 6) is -5.51. The molecule has 2 fully saturated rings. The first-order valence-corrected chi connectivity index (χ1v) is 11.7. The Morgan fingerprint density at radius 3 is 2.16 bits per heavy atom. The summed E-state index contributed by atoms with van der Waals surface area (Å²) in [5, 5.41) is 18.6. The molecule has 0 spiro atoms. The lowest BCUT2D eigenvalue weighted by atomic mass is 10.0. The van der Waals surface area contributed by atoms with Crippen molar-refractivity contribution in [3.8, 4) is 0 Å². The second-order valence-electron chi connectivity index (χ2n) is 7.92. The monoisotopic (exact) mass is 558 g/mol. The summed E-state index contributed by atoms with van der Waals surface area (Å²) < 4.78 is 75.8. The van der Waals surface area contributed by atoms with Crippen LogP contribution in [-0.2, 0) is 32.2 Å². The fraction of sp³-hybridized carbons (Fsp3) is 0.500. The van der Waals surface area contributed by atoms with Gasteiger partial charge in [-0.25, -0.2) is 9.59 Å². The highest BCUT2D eigenvalue weighted by Gasteiger charge is 2.44. The Balaban J connectivity index is 0.000000286. The molecule has 2 N–H and O–H groups in total. The van der Waals surface area contributed by atoms with Gasteiger partial charge in [0.2, 0.25) is 0 Å². The summed E-state index contributed by atoms with van der Waals surface area (Å²) in [6.07, 6.45) is -3.80. The van der Waals surface area contributed by atoms with Crippen molar-refractivity contribution in [2.24, 2.45) is 0 Å². The predicted molar refractivity (Wildman–Crippen MR) is 118 cm³/mol. The molecule has 2 saturated heterocycles.